The fraction of sp³-hybridized carbons (Fsp3) is 0.300. The van der Waals surface area contributed by atoms with E-state index in [0.717, 1.165) is 29.1 Å². The highest BCUT2D eigenvalue weighted by molar-refractivity contribution is 9.10. The van der Waals surface area contributed by atoms with Crippen LogP contribution in [0.2, 0.25) is 0 Å². The Morgan fingerprint density at radius 2 is 2.17 bits per heavy atom. The third-order valence-electron chi connectivity index (χ3n) is 4.86. The molecule has 29 heavy (non-hydrogen) atoms. The molecular formula is C20H17BrN4O4. The number of ether oxygens (including phenoxy) is 2. The highest BCUT2D eigenvalue weighted by Gasteiger charge is 2.19. The van der Waals surface area contributed by atoms with E-state index in [4.69, 9.17) is 13.9 Å². The molecule has 1 aliphatic heterocycles. The maximum Gasteiger partial charge on any atom is 0.341 e. The van der Waals surface area contributed by atoms with Crippen LogP contribution in [0.3, 0.4) is 0 Å². The molecule has 1 fully saturated rings. The van der Waals surface area contributed by atoms with Gasteiger partial charge in [-0.1, -0.05) is 15.9 Å². The van der Waals surface area contributed by atoms with Gasteiger partial charge in [0.25, 0.3) is 0 Å². The van der Waals surface area contributed by atoms with Gasteiger partial charge in [-0.15, -0.1) is 0 Å². The van der Waals surface area contributed by atoms with E-state index in [1.165, 1.54) is 6.33 Å². The number of halogens is 1. The maximum absolute atomic E-state index is 12.4. The van der Waals surface area contributed by atoms with Crippen molar-refractivity contribution >= 4 is 37.9 Å². The van der Waals surface area contributed by atoms with E-state index in [1.54, 1.807) is 16.9 Å². The molecule has 0 spiro atoms. The van der Waals surface area contributed by atoms with Crippen LogP contribution in [0.4, 0.5) is 0 Å². The van der Waals surface area contributed by atoms with Gasteiger partial charge in [-0.25, -0.2) is 19.4 Å². The van der Waals surface area contributed by atoms with E-state index >= 15 is 0 Å². The quantitative estimate of drug-likeness (QED) is 0.432. The van der Waals surface area contributed by atoms with E-state index in [1.807, 2.05) is 18.2 Å². The topological polar surface area (TPSA) is 92.3 Å². The average molecular weight is 457 g/mol. The third kappa shape index (κ3) is 3.63. The summed E-state index contributed by atoms with van der Waals surface area (Å²) < 4.78 is 19.5. The van der Waals surface area contributed by atoms with E-state index in [9.17, 15) is 4.79 Å². The minimum atomic E-state index is -0.399. The molecule has 0 bridgehead atoms. The summed E-state index contributed by atoms with van der Waals surface area (Å²) in [7, 11) is 0. The minimum Gasteiger partial charge on any atom is -0.447 e. The number of hydrogen-bond donors (Lipinski definition) is 0. The van der Waals surface area contributed by atoms with Crippen molar-refractivity contribution in [3.8, 4) is 5.88 Å². The molecule has 1 atom stereocenters. The molecule has 4 heterocycles. The predicted octanol–water partition coefficient (Wildman–Crippen LogP) is 3.65. The SMILES string of the molecule is O=c1oc2ccc(Br)cc2cc1Cn1ncc2c(OC3CCCCO3)ncnc21. The second kappa shape index (κ2) is 7.57. The molecule has 1 unspecified atom stereocenters. The number of benzene rings is 1. The van der Waals surface area contributed by atoms with Gasteiger partial charge in [0.15, 0.2) is 5.65 Å². The molecule has 0 saturated carbocycles. The smallest absolute Gasteiger partial charge is 0.341 e. The molecular weight excluding hydrogens is 440 g/mol. The van der Waals surface area contributed by atoms with Gasteiger partial charge in [-0.3, -0.25) is 0 Å². The van der Waals surface area contributed by atoms with Gasteiger partial charge in [0.05, 0.1) is 24.9 Å². The number of nitrogens with zero attached hydrogens (tertiary/aromatic N) is 4. The second-order valence-corrected chi connectivity index (χ2v) is 7.79. The van der Waals surface area contributed by atoms with Gasteiger partial charge in [0.2, 0.25) is 12.2 Å². The summed E-state index contributed by atoms with van der Waals surface area (Å²) in [4.78, 5) is 21.0. The Kier molecular flexibility index (Phi) is 4.76. The first-order chi connectivity index (χ1) is 14.2. The first-order valence-electron chi connectivity index (χ1n) is 9.34. The fourth-order valence-corrected chi connectivity index (χ4v) is 3.80. The summed E-state index contributed by atoms with van der Waals surface area (Å²) in [6, 6.07) is 7.31. The van der Waals surface area contributed by atoms with Crippen molar-refractivity contribution in [2.24, 2.45) is 0 Å². The van der Waals surface area contributed by atoms with Crippen LogP contribution in [0.15, 0.2) is 50.5 Å². The van der Waals surface area contributed by atoms with Gasteiger partial charge in [-0.05, 0) is 37.1 Å². The first-order valence-corrected chi connectivity index (χ1v) is 10.1. The monoisotopic (exact) mass is 456 g/mol. The Morgan fingerprint density at radius 1 is 1.24 bits per heavy atom. The molecule has 4 aromatic rings. The number of fused-ring (bicyclic) bond motifs is 2. The Bertz CT molecular complexity index is 1250. The van der Waals surface area contributed by atoms with Gasteiger partial charge in [0, 0.05) is 16.3 Å². The van der Waals surface area contributed by atoms with Crippen LogP contribution < -0.4 is 10.4 Å². The van der Waals surface area contributed by atoms with Crippen LogP contribution >= 0.6 is 15.9 Å². The maximum atomic E-state index is 12.4. The molecule has 9 heteroatoms. The predicted molar refractivity (Wildman–Crippen MR) is 109 cm³/mol. The molecule has 1 saturated heterocycles. The van der Waals surface area contributed by atoms with E-state index in [0.29, 0.717) is 34.7 Å². The Balaban J connectivity index is 1.48. The van der Waals surface area contributed by atoms with E-state index in [2.05, 4.69) is 31.0 Å². The molecule has 1 aliphatic rings. The van der Waals surface area contributed by atoms with Crippen molar-refractivity contribution in [3.63, 3.8) is 0 Å². The number of hydrogen-bond acceptors (Lipinski definition) is 7. The van der Waals surface area contributed by atoms with Crippen LogP contribution in [0, 0.1) is 0 Å². The normalized spacial score (nSPS) is 17.1. The lowest BCUT2D eigenvalue weighted by molar-refractivity contribution is -0.107. The summed E-state index contributed by atoms with van der Waals surface area (Å²) >= 11 is 3.44. The van der Waals surface area contributed by atoms with E-state index < -0.39 is 5.63 Å². The Labute approximate surface area is 173 Å². The number of rotatable bonds is 4. The summed E-state index contributed by atoms with van der Waals surface area (Å²) in [5.41, 5.74) is 1.21. The lowest BCUT2D eigenvalue weighted by Gasteiger charge is -2.22. The zero-order chi connectivity index (χ0) is 19.8. The summed E-state index contributed by atoms with van der Waals surface area (Å²) in [6.07, 6.45) is 5.70. The van der Waals surface area contributed by atoms with Gasteiger partial charge in [0.1, 0.15) is 17.3 Å². The third-order valence-corrected chi connectivity index (χ3v) is 5.36. The highest BCUT2D eigenvalue weighted by atomic mass is 79.9. The van der Waals surface area contributed by atoms with Gasteiger partial charge in [-0.2, -0.15) is 5.10 Å². The zero-order valence-corrected chi connectivity index (χ0v) is 17.0. The second-order valence-electron chi connectivity index (χ2n) is 6.87. The van der Waals surface area contributed by atoms with Crippen molar-refractivity contribution in [3.05, 3.63) is 57.2 Å². The summed E-state index contributed by atoms with van der Waals surface area (Å²) in [6.45, 7) is 0.913. The molecule has 148 valence electrons. The first kappa shape index (κ1) is 18.3. The molecule has 0 amide bonds. The largest absolute Gasteiger partial charge is 0.447 e. The van der Waals surface area contributed by atoms with Crippen molar-refractivity contribution in [1.29, 1.82) is 0 Å². The lowest BCUT2D eigenvalue weighted by atomic mass is 10.2. The van der Waals surface area contributed by atoms with Crippen molar-refractivity contribution in [2.75, 3.05) is 6.61 Å². The van der Waals surface area contributed by atoms with Crippen LogP contribution in [-0.4, -0.2) is 32.6 Å². The zero-order valence-electron chi connectivity index (χ0n) is 15.4. The lowest BCUT2D eigenvalue weighted by Crippen LogP contribution is -2.25. The van der Waals surface area contributed by atoms with Crippen molar-refractivity contribution in [1.82, 2.24) is 19.7 Å². The Hall–Kier alpha value is -2.78. The standard InChI is InChI=1S/C20H17BrN4O4/c21-14-4-5-16-12(8-14)7-13(20(26)28-16)10-25-18-15(9-24-25)19(23-11-22-18)29-17-3-1-2-6-27-17/h4-5,7-9,11,17H,1-3,6,10H2. The molecule has 1 aromatic carbocycles. The van der Waals surface area contributed by atoms with Crippen molar-refractivity contribution in [2.45, 2.75) is 32.1 Å². The summed E-state index contributed by atoms with van der Waals surface area (Å²) in [5.74, 6) is 0.433. The highest BCUT2D eigenvalue weighted by Crippen LogP contribution is 2.25. The fourth-order valence-electron chi connectivity index (χ4n) is 3.42. The van der Waals surface area contributed by atoms with Crippen molar-refractivity contribution < 1.29 is 13.9 Å². The number of aromatic nitrogens is 4. The summed E-state index contributed by atoms with van der Waals surface area (Å²) in [5, 5.41) is 5.89. The van der Waals surface area contributed by atoms with E-state index in [-0.39, 0.29) is 12.8 Å². The Morgan fingerprint density at radius 3 is 3.03 bits per heavy atom. The molecule has 3 aromatic heterocycles. The molecule has 8 nitrogen and oxygen atoms in total. The molecule has 0 aliphatic carbocycles. The van der Waals surface area contributed by atoms with Crippen LogP contribution in [-0.2, 0) is 11.3 Å². The van der Waals surface area contributed by atoms with Gasteiger partial charge < -0.3 is 13.9 Å². The molecule has 0 radical (unpaired) electrons. The van der Waals surface area contributed by atoms with Crippen LogP contribution in [0.1, 0.15) is 24.8 Å². The van der Waals surface area contributed by atoms with Gasteiger partial charge >= 0.3 is 5.63 Å². The molecule has 0 N–H and O–H groups in total. The average Bonchev–Trinajstić information content (AvgIpc) is 3.14. The molecule has 5 rings (SSSR count). The van der Waals surface area contributed by atoms with Crippen LogP contribution in [0.25, 0.3) is 22.0 Å². The minimum absolute atomic E-state index is 0.227. The van der Waals surface area contributed by atoms with Crippen LogP contribution in [0.5, 0.6) is 5.88 Å².